The minimum atomic E-state index is -0.520. The van der Waals surface area contributed by atoms with Gasteiger partial charge in [0.1, 0.15) is 6.61 Å². The third-order valence-electron chi connectivity index (χ3n) is 4.83. The highest BCUT2D eigenvalue weighted by Gasteiger charge is 2.11. The summed E-state index contributed by atoms with van der Waals surface area (Å²) in [5.41, 5.74) is 0. The number of carbonyl (C=O) groups excluding carboxylic acids is 2. The van der Waals surface area contributed by atoms with E-state index < -0.39 is 11.9 Å². The van der Waals surface area contributed by atoms with E-state index in [0.717, 1.165) is 83.8 Å². The maximum Gasteiger partial charge on any atom is 0.331 e. The van der Waals surface area contributed by atoms with Gasteiger partial charge in [-0.15, -0.1) is 0 Å². The average Bonchev–Trinajstić information content (AvgIpc) is 2.73. The predicted octanol–water partition coefficient (Wildman–Crippen LogP) is 0.854. The van der Waals surface area contributed by atoms with Gasteiger partial charge in [-0.2, -0.15) is 0 Å². The van der Waals surface area contributed by atoms with Crippen LogP contribution in [0.3, 0.4) is 0 Å². The van der Waals surface area contributed by atoms with Crippen molar-refractivity contribution in [2.45, 2.75) is 25.7 Å². The zero-order chi connectivity index (χ0) is 19.9. The first kappa shape index (κ1) is 22.8. The van der Waals surface area contributed by atoms with Gasteiger partial charge in [-0.25, -0.2) is 9.59 Å². The Morgan fingerprint density at radius 3 is 1.79 bits per heavy atom. The summed E-state index contributed by atoms with van der Waals surface area (Å²) in [5.74, 6) is -1.02. The lowest BCUT2D eigenvalue weighted by Crippen LogP contribution is -2.38. The molecule has 0 aliphatic carbocycles. The highest BCUT2D eigenvalue weighted by atomic mass is 16.5. The standard InChI is InChI=1S/C20H34N2O6/c23-19(5-6-20(24)28-18-12-22-10-16-26-17-11-22)27-13-4-2-1-3-7-21-8-14-25-15-9-21/h5-6H,1-4,7-18H2. The molecule has 0 saturated carbocycles. The summed E-state index contributed by atoms with van der Waals surface area (Å²) in [6, 6.07) is 0. The summed E-state index contributed by atoms with van der Waals surface area (Å²) < 4.78 is 20.8. The smallest absolute Gasteiger partial charge is 0.331 e. The molecule has 8 nitrogen and oxygen atoms in total. The van der Waals surface area contributed by atoms with E-state index in [2.05, 4.69) is 9.80 Å². The first-order chi connectivity index (χ1) is 13.7. The number of rotatable bonds is 12. The molecule has 8 heteroatoms. The van der Waals surface area contributed by atoms with E-state index in [9.17, 15) is 9.59 Å². The number of morpholine rings is 2. The Labute approximate surface area is 167 Å². The Morgan fingerprint density at radius 2 is 1.18 bits per heavy atom. The topological polar surface area (TPSA) is 77.5 Å². The zero-order valence-electron chi connectivity index (χ0n) is 16.8. The summed E-state index contributed by atoms with van der Waals surface area (Å²) in [6.45, 7) is 9.35. The molecule has 2 heterocycles. The molecule has 160 valence electrons. The zero-order valence-corrected chi connectivity index (χ0v) is 16.8. The fourth-order valence-electron chi connectivity index (χ4n) is 3.12. The van der Waals surface area contributed by atoms with Gasteiger partial charge in [0.25, 0.3) is 0 Å². The van der Waals surface area contributed by atoms with Crippen molar-refractivity contribution in [2.75, 3.05) is 78.9 Å². The lowest BCUT2D eigenvalue weighted by molar-refractivity contribution is -0.140. The van der Waals surface area contributed by atoms with Crippen LogP contribution in [0.5, 0.6) is 0 Å². The fraction of sp³-hybridized carbons (Fsp3) is 0.800. The van der Waals surface area contributed by atoms with Crippen LogP contribution in [0.1, 0.15) is 25.7 Å². The minimum absolute atomic E-state index is 0.308. The van der Waals surface area contributed by atoms with Crippen LogP contribution >= 0.6 is 0 Å². The predicted molar refractivity (Wildman–Crippen MR) is 104 cm³/mol. The Morgan fingerprint density at radius 1 is 0.679 bits per heavy atom. The summed E-state index contributed by atoms with van der Waals surface area (Å²) in [4.78, 5) is 27.8. The van der Waals surface area contributed by atoms with Gasteiger partial charge >= 0.3 is 11.9 Å². The van der Waals surface area contributed by atoms with Gasteiger partial charge in [0.2, 0.25) is 0 Å². The molecule has 0 spiro atoms. The van der Waals surface area contributed by atoms with Gasteiger partial charge in [0.05, 0.1) is 33.0 Å². The third kappa shape index (κ3) is 10.8. The van der Waals surface area contributed by atoms with Crippen molar-refractivity contribution in [3.8, 4) is 0 Å². The number of carbonyl (C=O) groups is 2. The Kier molecular flexibility index (Phi) is 11.8. The van der Waals surface area contributed by atoms with E-state index >= 15 is 0 Å². The first-order valence-electron chi connectivity index (χ1n) is 10.4. The third-order valence-corrected chi connectivity index (χ3v) is 4.83. The molecule has 0 N–H and O–H groups in total. The molecule has 0 unspecified atom stereocenters. The van der Waals surface area contributed by atoms with Crippen LogP contribution in [0.4, 0.5) is 0 Å². The molecular formula is C20H34N2O6. The van der Waals surface area contributed by atoms with Crippen molar-refractivity contribution < 1.29 is 28.5 Å². The van der Waals surface area contributed by atoms with Gasteiger partial charge in [-0.3, -0.25) is 9.80 Å². The number of unbranched alkanes of at least 4 members (excludes halogenated alkanes) is 3. The second-order valence-corrected chi connectivity index (χ2v) is 6.99. The molecule has 0 radical (unpaired) electrons. The first-order valence-corrected chi connectivity index (χ1v) is 10.4. The Balaban J connectivity index is 1.40. The van der Waals surface area contributed by atoms with Gasteiger partial charge in [-0.05, 0) is 19.4 Å². The van der Waals surface area contributed by atoms with Crippen molar-refractivity contribution in [2.24, 2.45) is 0 Å². The maximum absolute atomic E-state index is 11.6. The largest absolute Gasteiger partial charge is 0.463 e. The number of hydrogen-bond donors (Lipinski definition) is 0. The molecule has 0 amide bonds. The van der Waals surface area contributed by atoms with Crippen molar-refractivity contribution in [3.05, 3.63) is 12.2 Å². The summed E-state index contributed by atoms with van der Waals surface area (Å²) >= 11 is 0. The van der Waals surface area contributed by atoms with Crippen LogP contribution in [0.15, 0.2) is 12.2 Å². The number of esters is 2. The highest BCUT2D eigenvalue weighted by Crippen LogP contribution is 2.04. The molecular weight excluding hydrogens is 364 g/mol. The normalized spacial score (nSPS) is 19.0. The SMILES string of the molecule is O=C(C=CC(=O)OCCN1CCOCC1)OCCCCCCN1CCOCC1. The average molecular weight is 399 g/mol. The van der Waals surface area contributed by atoms with E-state index in [-0.39, 0.29) is 0 Å². The second-order valence-electron chi connectivity index (χ2n) is 6.99. The summed E-state index contributed by atoms with van der Waals surface area (Å²) in [5, 5.41) is 0. The molecule has 0 bridgehead atoms. The number of hydrogen-bond acceptors (Lipinski definition) is 8. The minimum Gasteiger partial charge on any atom is -0.463 e. The quantitative estimate of drug-likeness (QED) is 0.272. The summed E-state index contributed by atoms with van der Waals surface area (Å²) in [6.07, 6.45) is 6.42. The lowest BCUT2D eigenvalue weighted by Gasteiger charge is -2.26. The van der Waals surface area contributed by atoms with E-state index in [4.69, 9.17) is 18.9 Å². The molecule has 0 atom stereocenters. The maximum atomic E-state index is 11.6. The van der Waals surface area contributed by atoms with E-state index in [0.29, 0.717) is 33.0 Å². The van der Waals surface area contributed by atoms with Gasteiger partial charge in [0.15, 0.2) is 0 Å². The van der Waals surface area contributed by atoms with Gasteiger partial charge < -0.3 is 18.9 Å². The van der Waals surface area contributed by atoms with Crippen molar-refractivity contribution in [3.63, 3.8) is 0 Å². The van der Waals surface area contributed by atoms with Crippen molar-refractivity contribution >= 4 is 11.9 Å². The van der Waals surface area contributed by atoms with Crippen LogP contribution < -0.4 is 0 Å². The lowest BCUT2D eigenvalue weighted by atomic mass is 10.2. The number of ether oxygens (including phenoxy) is 4. The molecule has 2 aliphatic heterocycles. The highest BCUT2D eigenvalue weighted by molar-refractivity contribution is 5.91. The molecule has 2 rings (SSSR count). The van der Waals surface area contributed by atoms with Crippen LogP contribution in [0.25, 0.3) is 0 Å². The number of nitrogens with zero attached hydrogens (tertiary/aromatic N) is 2. The Bertz CT molecular complexity index is 473. The van der Waals surface area contributed by atoms with Crippen LogP contribution in [0.2, 0.25) is 0 Å². The Hall–Kier alpha value is -1.48. The molecule has 0 aromatic carbocycles. The van der Waals surface area contributed by atoms with Crippen molar-refractivity contribution in [1.29, 1.82) is 0 Å². The molecule has 2 aliphatic rings. The van der Waals surface area contributed by atoms with Crippen molar-refractivity contribution in [1.82, 2.24) is 9.80 Å². The van der Waals surface area contributed by atoms with Crippen LogP contribution in [0, 0.1) is 0 Å². The molecule has 2 fully saturated rings. The van der Waals surface area contributed by atoms with Gasteiger partial charge in [0, 0.05) is 44.9 Å². The molecule has 2 saturated heterocycles. The van der Waals surface area contributed by atoms with E-state index in [1.807, 2.05) is 0 Å². The second kappa shape index (κ2) is 14.5. The fourth-order valence-corrected chi connectivity index (χ4v) is 3.12. The van der Waals surface area contributed by atoms with Gasteiger partial charge in [-0.1, -0.05) is 12.8 Å². The summed E-state index contributed by atoms with van der Waals surface area (Å²) in [7, 11) is 0. The van der Waals surface area contributed by atoms with Crippen LogP contribution in [-0.4, -0.2) is 101 Å². The molecule has 0 aromatic heterocycles. The van der Waals surface area contributed by atoms with Crippen LogP contribution in [-0.2, 0) is 28.5 Å². The molecule has 0 aromatic rings. The monoisotopic (exact) mass is 398 g/mol. The molecule has 28 heavy (non-hydrogen) atoms. The van der Waals surface area contributed by atoms with E-state index in [1.165, 1.54) is 0 Å². The van der Waals surface area contributed by atoms with E-state index in [1.54, 1.807) is 0 Å².